The van der Waals surface area contributed by atoms with E-state index in [9.17, 15) is 9.59 Å². The Morgan fingerprint density at radius 2 is 2.27 bits per heavy atom. The number of aliphatic hydroxyl groups is 1. The Labute approximate surface area is 87.7 Å². The third-order valence-electron chi connectivity index (χ3n) is 2.61. The van der Waals surface area contributed by atoms with E-state index in [-0.39, 0.29) is 17.9 Å². The lowest BCUT2D eigenvalue weighted by atomic mass is 10.0. The minimum absolute atomic E-state index is 0.193. The molecule has 1 heterocycles. The van der Waals surface area contributed by atoms with Crippen molar-refractivity contribution in [2.45, 2.75) is 25.4 Å². The highest BCUT2D eigenvalue weighted by atomic mass is 16.4. The van der Waals surface area contributed by atoms with Gasteiger partial charge in [-0.25, -0.2) is 4.79 Å². The molecule has 0 spiro atoms. The fourth-order valence-electron chi connectivity index (χ4n) is 1.63. The molecule has 1 aliphatic heterocycles. The molecule has 4 N–H and O–H groups in total. The summed E-state index contributed by atoms with van der Waals surface area (Å²) in [6, 6.07) is -1.56. The third kappa shape index (κ3) is 2.90. The number of aliphatic carboxylic acids is 1. The number of carboxylic acids is 1. The number of aliphatic hydroxyl groups excluding tert-OH is 1. The van der Waals surface area contributed by atoms with Crippen molar-refractivity contribution >= 4 is 11.9 Å². The molecular formula is C9H16N2O4. The Kier molecular flexibility index (Phi) is 4.05. The monoisotopic (exact) mass is 216 g/mol. The van der Waals surface area contributed by atoms with Crippen molar-refractivity contribution in [2.75, 3.05) is 13.2 Å². The minimum atomic E-state index is -1.23. The molecule has 6 heteroatoms. The molecule has 0 saturated carbocycles. The van der Waals surface area contributed by atoms with E-state index in [2.05, 4.69) is 10.6 Å². The van der Waals surface area contributed by atoms with Crippen molar-refractivity contribution in [3.8, 4) is 0 Å². The first-order valence-electron chi connectivity index (χ1n) is 4.93. The SMILES string of the molecule is CC1CCNC1C(=O)N[C@@H](CO)C(=O)O. The first-order valence-corrected chi connectivity index (χ1v) is 4.93. The highest BCUT2D eigenvalue weighted by molar-refractivity contribution is 5.87. The van der Waals surface area contributed by atoms with Crippen molar-refractivity contribution in [3.05, 3.63) is 0 Å². The zero-order chi connectivity index (χ0) is 11.4. The van der Waals surface area contributed by atoms with Crippen molar-refractivity contribution in [2.24, 2.45) is 5.92 Å². The van der Waals surface area contributed by atoms with Gasteiger partial charge in [0.25, 0.3) is 0 Å². The van der Waals surface area contributed by atoms with Crippen molar-refractivity contribution < 1.29 is 19.8 Å². The second-order valence-electron chi connectivity index (χ2n) is 3.78. The summed E-state index contributed by atoms with van der Waals surface area (Å²) in [7, 11) is 0. The molecule has 1 amide bonds. The van der Waals surface area contributed by atoms with Gasteiger partial charge >= 0.3 is 5.97 Å². The Balaban J connectivity index is 2.50. The summed E-state index contributed by atoms with van der Waals surface area (Å²) in [4.78, 5) is 22.1. The number of carbonyl (C=O) groups excluding carboxylic acids is 1. The van der Waals surface area contributed by atoms with E-state index in [1.54, 1.807) is 0 Å². The maximum absolute atomic E-state index is 11.6. The number of carbonyl (C=O) groups is 2. The predicted molar refractivity (Wildman–Crippen MR) is 52.2 cm³/mol. The van der Waals surface area contributed by atoms with Crippen LogP contribution in [0.5, 0.6) is 0 Å². The van der Waals surface area contributed by atoms with Gasteiger partial charge < -0.3 is 20.8 Å². The van der Waals surface area contributed by atoms with Crippen LogP contribution in [0.3, 0.4) is 0 Å². The number of nitrogens with one attached hydrogen (secondary N) is 2. The van der Waals surface area contributed by atoms with E-state index in [1.807, 2.05) is 6.92 Å². The number of hydrogen-bond donors (Lipinski definition) is 4. The summed E-state index contributed by atoms with van der Waals surface area (Å²) in [5.74, 6) is -1.39. The van der Waals surface area contributed by atoms with Crippen molar-refractivity contribution in [1.29, 1.82) is 0 Å². The predicted octanol–water partition coefficient (Wildman–Crippen LogP) is -1.45. The van der Waals surface area contributed by atoms with Crippen LogP contribution in [0.15, 0.2) is 0 Å². The standard InChI is InChI=1S/C9H16N2O4/c1-5-2-3-10-7(5)8(13)11-6(4-12)9(14)15/h5-7,10,12H,2-4H2,1H3,(H,11,13)(H,14,15)/t5?,6-,7?/m0/s1. The van der Waals surface area contributed by atoms with E-state index in [4.69, 9.17) is 10.2 Å². The summed E-state index contributed by atoms with van der Waals surface area (Å²) in [5.41, 5.74) is 0. The Morgan fingerprint density at radius 1 is 1.60 bits per heavy atom. The lowest BCUT2D eigenvalue weighted by molar-refractivity contribution is -0.143. The first kappa shape index (κ1) is 11.9. The molecule has 1 saturated heterocycles. The Bertz CT molecular complexity index is 256. The largest absolute Gasteiger partial charge is 0.480 e. The van der Waals surface area contributed by atoms with Crippen LogP contribution >= 0.6 is 0 Å². The van der Waals surface area contributed by atoms with Gasteiger partial charge in [-0.3, -0.25) is 4.79 Å². The fraction of sp³-hybridized carbons (Fsp3) is 0.778. The molecule has 86 valence electrons. The topological polar surface area (TPSA) is 98.7 Å². The van der Waals surface area contributed by atoms with E-state index in [0.29, 0.717) is 0 Å². The van der Waals surface area contributed by atoms with Crippen LogP contribution in [0.4, 0.5) is 0 Å². The molecule has 3 atom stereocenters. The van der Waals surface area contributed by atoms with Crippen molar-refractivity contribution in [3.63, 3.8) is 0 Å². The van der Waals surface area contributed by atoms with Crippen molar-refractivity contribution in [1.82, 2.24) is 10.6 Å². The molecule has 0 aromatic rings. The number of hydrogen-bond acceptors (Lipinski definition) is 4. The zero-order valence-corrected chi connectivity index (χ0v) is 8.56. The Hall–Kier alpha value is -1.14. The smallest absolute Gasteiger partial charge is 0.328 e. The van der Waals surface area contributed by atoms with E-state index in [1.165, 1.54) is 0 Å². The fourth-order valence-corrected chi connectivity index (χ4v) is 1.63. The maximum atomic E-state index is 11.6. The second-order valence-corrected chi connectivity index (χ2v) is 3.78. The molecule has 2 unspecified atom stereocenters. The van der Waals surface area contributed by atoms with Crippen LogP contribution in [-0.4, -0.2) is 47.3 Å². The summed E-state index contributed by atoms with van der Waals surface area (Å²) in [5, 5.41) is 22.6. The average Bonchev–Trinajstić information content (AvgIpc) is 2.60. The third-order valence-corrected chi connectivity index (χ3v) is 2.61. The van der Waals surface area contributed by atoms with E-state index in [0.717, 1.165) is 13.0 Å². The van der Waals surface area contributed by atoms with Crippen LogP contribution in [0.2, 0.25) is 0 Å². The highest BCUT2D eigenvalue weighted by Crippen LogP contribution is 2.14. The lowest BCUT2D eigenvalue weighted by Gasteiger charge is -2.18. The molecule has 6 nitrogen and oxygen atoms in total. The van der Waals surface area contributed by atoms with Gasteiger partial charge in [-0.2, -0.15) is 0 Å². The molecule has 0 aromatic carbocycles. The number of carboxylic acid groups (broad SMARTS) is 1. The second kappa shape index (κ2) is 5.09. The van der Waals surface area contributed by atoms with E-state index < -0.39 is 18.6 Å². The highest BCUT2D eigenvalue weighted by Gasteiger charge is 2.31. The lowest BCUT2D eigenvalue weighted by Crippen LogP contribution is -2.51. The van der Waals surface area contributed by atoms with Gasteiger partial charge in [-0.1, -0.05) is 6.92 Å². The average molecular weight is 216 g/mol. The van der Waals surface area contributed by atoms with Gasteiger partial charge in [0.05, 0.1) is 12.6 Å². The van der Waals surface area contributed by atoms with Crippen LogP contribution in [0.1, 0.15) is 13.3 Å². The van der Waals surface area contributed by atoms with Crippen LogP contribution in [0.25, 0.3) is 0 Å². The summed E-state index contributed by atoms with van der Waals surface area (Å²) in [6.45, 7) is 2.09. The minimum Gasteiger partial charge on any atom is -0.480 e. The summed E-state index contributed by atoms with van der Waals surface area (Å²) >= 11 is 0. The summed E-state index contributed by atoms with van der Waals surface area (Å²) in [6.07, 6.45) is 0.898. The van der Waals surface area contributed by atoms with Gasteiger partial charge in [0, 0.05) is 0 Å². The molecule has 0 aromatic heterocycles. The van der Waals surface area contributed by atoms with Gasteiger partial charge in [-0.15, -0.1) is 0 Å². The molecule has 1 rings (SSSR count). The van der Waals surface area contributed by atoms with Gasteiger partial charge in [0.2, 0.25) is 5.91 Å². The van der Waals surface area contributed by atoms with E-state index >= 15 is 0 Å². The molecular weight excluding hydrogens is 200 g/mol. The maximum Gasteiger partial charge on any atom is 0.328 e. The number of amides is 1. The molecule has 1 aliphatic rings. The van der Waals surface area contributed by atoms with Gasteiger partial charge in [0.1, 0.15) is 6.04 Å². The van der Waals surface area contributed by atoms with Crippen LogP contribution < -0.4 is 10.6 Å². The number of rotatable bonds is 4. The molecule has 0 aliphatic carbocycles. The molecule has 1 fully saturated rings. The molecule has 0 radical (unpaired) electrons. The first-order chi connectivity index (χ1) is 7.06. The van der Waals surface area contributed by atoms with Crippen LogP contribution in [-0.2, 0) is 9.59 Å². The Morgan fingerprint density at radius 3 is 2.67 bits per heavy atom. The summed E-state index contributed by atoms with van der Waals surface area (Å²) < 4.78 is 0. The molecule has 15 heavy (non-hydrogen) atoms. The normalized spacial score (nSPS) is 27.3. The van der Waals surface area contributed by atoms with Gasteiger partial charge in [-0.05, 0) is 18.9 Å². The van der Waals surface area contributed by atoms with Crippen LogP contribution in [0, 0.1) is 5.92 Å². The van der Waals surface area contributed by atoms with Gasteiger partial charge in [0.15, 0.2) is 0 Å². The molecule has 0 bridgehead atoms. The zero-order valence-electron chi connectivity index (χ0n) is 8.56. The quantitative estimate of drug-likeness (QED) is 0.460.